The van der Waals surface area contributed by atoms with E-state index in [1.807, 2.05) is 214 Å². The van der Waals surface area contributed by atoms with Gasteiger partial charge in [-0.1, -0.05) is 186 Å². The minimum atomic E-state index is 0. The summed E-state index contributed by atoms with van der Waals surface area (Å²) in [5, 5.41) is 15.5. The van der Waals surface area contributed by atoms with Gasteiger partial charge in [0.15, 0.2) is 0 Å². The molecule has 20 heteroatoms. The van der Waals surface area contributed by atoms with Crippen LogP contribution in [0, 0.1) is 96.4 Å². The van der Waals surface area contributed by atoms with Gasteiger partial charge in [0.2, 0.25) is 0 Å². The number of hydrogen-bond acceptors (Lipinski definition) is 13. The van der Waals surface area contributed by atoms with Gasteiger partial charge in [-0.3, -0.25) is 18.9 Å². The summed E-state index contributed by atoms with van der Waals surface area (Å²) >= 11 is 0. The van der Waals surface area contributed by atoms with Gasteiger partial charge in [-0.05, 0) is 120 Å². The molecule has 0 unspecified atom stereocenters. The van der Waals surface area contributed by atoms with E-state index in [1.165, 1.54) is 84.3 Å². The Bertz CT molecular complexity index is 6250. The van der Waals surface area contributed by atoms with Gasteiger partial charge in [0.1, 0.15) is 0 Å². The molecular formula is C117H107Ir4N16-4. The maximum atomic E-state index is 4.37. The number of aromatic nitrogens is 6. The summed E-state index contributed by atoms with van der Waals surface area (Å²) in [4.78, 5) is 19.6. The van der Waals surface area contributed by atoms with Crippen molar-refractivity contribution in [1.82, 2.24) is 39.6 Å². The summed E-state index contributed by atoms with van der Waals surface area (Å²) < 4.78 is 5.45. The van der Waals surface area contributed by atoms with E-state index in [-0.39, 0.29) is 87.8 Å². The number of para-hydroxylation sites is 10. The first kappa shape index (κ1) is 105. The van der Waals surface area contributed by atoms with E-state index in [9.17, 15) is 0 Å². The Balaban J connectivity index is 0.000000163. The Morgan fingerprint density at radius 2 is 0.693 bits per heavy atom. The third kappa shape index (κ3) is 28.8. The van der Waals surface area contributed by atoms with Crippen LogP contribution in [0.15, 0.2) is 419 Å². The van der Waals surface area contributed by atoms with Gasteiger partial charge in [-0.2, -0.15) is 218 Å². The van der Waals surface area contributed by atoms with E-state index in [0.717, 1.165) is 71.0 Å². The maximum absolute atomic E-state index is 4.37. The number of nitrogens with one attached hydrogen (secondary N) is 1. The van der Waals surface area contributed by atoms with E-state index < -0.39 is 0 Å². The van der Waals surface area contributed by atoms with Crippen molar-refractivity contribution < 1.29 is 80.4 Å². The molecule has 0 saturated carbocycles. The average Bonchev–Trinajstić information content (AvgIpc) is 1.64. The molecule has 7 heterocycles. The molecule has 16 nitrogen and oxygen atoms in total. The second kappa shape index (κ2) is 54.2. The molecule has 0 aliphatic carbocycles. The predicted molar refractivity (Wildman–Crippen MR) is 551 cm³/mol. The van der Waals surface area contributed by atoms with Crippen LogP contribution in [0.1, 0.15) is 18.3 Å². The smallest absolute Gasteiger partial charge is 0.520 e. The van der Waals surface area contributed by atoms with Gasteiger partial charge >= 0.3 is 60.3 Å². The van der Waals surface area contributed by atoms with Crippen LogP contribution in [0.4, 0.5) is 62.6 Å². The largest absolute Gasteiger partial charge is 3.00 e. The van der Waals surface area contributed by atoms with Crippen LogP contribution >= 0.6 is 0 Å². The Hall–Kier alpha value is -13.6. The van der Waals surface area contributed by atoms with Gasteiger partial charge < -0.3 is 51.9 Å². The topological polar surface area (TPSA) is 94.7 Å². The third-order valence-electron chi connectivity index (χ3n) is 21.8. The van der Waals surface area contributed by atoms with E-state index in [2.05, 4.69) is 393 Å². The molecule has 1 radical (unpaired) electrons. The van der Waals surface area contributed by atoms with Gasteiger partial charge in [0, 0.05) is 111 Å². The van der Waals surface area contributed by atoms with E-state index in [0.29, 0.717) is 0 Å². The minimum absolute atomic E-state index is 0. The van der Waals surface area contributed by atoms with E-state index in [4.69, 9.17) is 0 Å². The molecule has 0 amide bonds. The Morgan fingerprint density at radius 3 is 0.993 bits per heavy atom. The number of hydrogen-bond donors (Lipinski definition) is 1. The molecule has 15 aromatic carbocycles. The number of nitrogens with zero attached hydrogens (tertiary/aromatic N) is 15. The van der Waals surface area contributed by atoms with Crippen LogP contribution in [-0.4, -0.2) is 89.2 Å². The third-order valence-corrected chi connectivity index (χ3v) is 21.8. The standard InChI is InChI=1S/2C20H16N2.C17H18N2.C16H17N2.C14H12N2.C11H11N2.2C9H7N2.CH3.4Ir/c2*1-21-15-22(20-10-6-5-9-19(20)21)18-13-11-17(12-14-18)16-7-3-2-4-8-16;1-3-19(14-13-18-2)17-11-9-16(10-12-17)15-7-5-4-6-8-15;1-17-11-12-18(13-17)16-9-7-15(8-10-16)14-5-3-2-4-6-14;1-15-11-16(12-7-3-2-4-8-12)14-10-6-5-9-13(14)15;1-9-8-10(2)13(12-9)11-6-4-3-5-7-11;2*1-2-5-9(6-3-1)11-8-4-7-10-11;;;;;/h2*2-13,15H,1H3;3-11,13-14,18H,1-2H3;2-9H,11-13H2,1H3;2-7,9-11H,1H3;3-6,8H,1-2H3;2*1-5,7-8H;1H3;;;;/q3*-2;-1;-2;4*-1;;3*+3/b;;14-13-;;;;;;;;;;. The zero-order chi connectivity index (χ0) is 91.0. The fraction of sp³-hybridized carbons (Fsp3) is 0.0940. The molecule has 1 N–H and O–H groups in total. The molecule has 1 saturated heterocycles. The quantitative estimate of drug-likeness (QED) is 0.0988. The number of benzene rings is 15. The van der Waals surface area contributed by atoms with Crippen LogP contribution in [0.5, 0.6) is 0 Å². The number of fused-ring (bicyclic) bond motifs is 3. The predicted octanol–water partition coefficient (Wildman–Crippen LogP) is 25.7. The maximum Gasteiger partial charge on any atom is 3.00 e. The molecule has 18 aromatic rings. The van der Waals surface area contributed by atoms with Crippen molar-refractivity contribution in [3.63, 3.8) is 0 Å². The fourth-order valence-corrected chi connectivity index (χ4v) is 15.1. The van der Waals surface area contributed by atoms with Crippen LogP contribution in [-0.2, 0) is 80.4 Å². The van der Waals surface area contributed by atoms with Crippen molar-refractivity contribution in [2.75, 3.05) is 94.2 Å². The first-order chi connectivity index (χ1) is 64.9. The molecule has 695 valence electrons. The molecule has 0 spiro atoms. The molecule has 1 fully saturated rings. The second-order valence-electron chi connectivity index (χ2n) is 31.1. The van der Waals surface area contributed by atoms with Gasteiger partial charge in [0.25, 0.3) is 0 Å². The molecule has 4 aliphatic heterocycles. The summed E-state index contributed by atoms with van der Waals surface area (Å²) in [5.74, 6) is 0. The van der Waals surface area contributed by atoms with Gasteiger partial charge in [-0.25, -0.2) is 6.54 Å². The summed E-state index contributed by atoms with van der Waals surface area (Å²) in [7, 11) is 10.2. The molecular weight excluding hydrogens is 2400 g/mol. The van der Waals surface area contributed by atoms with Crippen LogP contribution in [0.3, 0.4) is 0 Å². The summed E-state index contributed by atoms with van der Waals surface area (Å²) in [6.45, 7) is 17.5. The zero-order valence-corrected chi connectivity index (χ0v) is 87.4. The van der Waals surface area contributed by atoms with Gasteiger partial charge in [-0.15, -0.1) is 87.5 Å². The van der Waals surface area contributed by atoms with Crippen LogP contribution in [0.2, 0.25) is 0 Å². The van der Waals surface area contributed by atoms with Gasteiger partial charge in [0.05, 0.1) is 12.4 Å². The van der Waals surface area contributed by atoms with Crippen LogP contribution < -0.4 is 44.5 Å². The number of likely N-dealkylation sites (N-methyl/N-ethyl adjacent to an activating group) is 1. The van der Waals surface area contributed by atoms with Crippen LogP contribution in [0.25, 0.3) is 61.6 Å². The normalized spacial score (nSPS) is 12.1. The number of rotatable bonds is 15. The summed E-state index contributed by atoms with van der Waals surface area (Å²) in [6, 6.07) is 155. The van der Waals surface area contributed by atoms with Crippen molar-refractivity contribution in [2.24, 2.45) is 0 Å². The van der Waals surface area contributed by atoms with Crippen molar-refractivity contribution in [1.29, 1.82) is 0 Å². The molecule has 0 atom stereocenters. The SMILES string of the molecule is CN1CCN(c2[c-]cc(-c3ccccc3)cc2)C1.CN1[CH-]N(c2[c-]cc(-c3ccccc3)cc2)c2ccccc21.CN1[CH-]N(c2[c-]cc(-c3ccccc3)cc2)c2ccccc21.CN1[CH-]N(c2[c-]cccc2)c2ccccc21.C[CH-]N(/C=C\NC)c1[c-]cc(-c2ccccc2)cc1.Cc1cc(C)n(-c2[c-]cccc2)n1.[CH3-].[Ir+3].[Ir+3].[Ir+3].[Ir].[c-]1ccccc1-n1cccn1.[c-]1ccccc1-n1cccn1. The first-order valence-electron chi connectivity index (χ1n) is 43.8. The first-order valence-corrected chi connectivity index (χ1v) is 43.8. The monoisotopic (exact) mass is 2510 g/mol. The Labute approximate surface area is 864 Å². The van der Waals surface area contributed by atoms with Crippen molar-refractivity contribution in [2.45, 2.75) is 20.8 Å². The molecule has 0 bridgehead atoms. The summed E-state index contributed by atoms with van der Waals surface area (Å²) in [5.41, 5.74) is 27.4. The Kier molecular flexibility index (Phi) is 41.8. The van der Waals surface area contributed by atoms with E-state index >= 15 is 0 Å². The zero-order valence-electron chi connectivity index (χ0n) is 77.8. The molecule has 22 rings (SSSR count). The minimum Gasteiger partial charge on any atom is -0.520 e. The molecule has 4 aliphatic rings. The second-order valence-corrected chi connectivity index (χ2v) is 31.1. The Morgan fingerprint density at radius 1 is 0.358 bits per heavy atom. The fourth-order valence-electron chi connectivity index (χ4n) is 15.1. The van der Waals surface area contributed by atoms with E-state index in [1.54, 1.807) is 21.8 Å². The van der Waals surface area contributed by atoms with Crippen molar-refractivity contribution in [3.05, 3.63) is 513 Å². The average molecular weight is 2510 g/mol. The molecule has 137 heavy (non-hydrogen) atoms. The number of aryl methyl sites for hydroxylation is 2. The number of anilines is 11. The summed E-state index contributed by atoms with van der Waals surface area (Å²) in [6.07, 6.45) is 11.1. The molecule has 3 aromatic heterocycles. The van der Waals surface area contributed by atoms with Crippen molar-refractivity contribution >= 4 is 62.6 Å². The van der Waals surface area contributed by atoms with Crippen molar-refractivity contribution in [3.8, 4) is 61.6 Å².